The Balaban J connectivity index is 1.97. The molecule has 3 heteroatoms. The first-order valence-corrected chi connectivity index (χ1v) is 6.85. The molecule has 0 aromatic rings. The molecule has 0 amide bonds. The number of hydrogen-bond acceptors (Lipinski definition) is 3. The summed E-state index contributed by atoms with van der Waals surface area (Å²) in [4.78, 5) is 0.475. The molecule has 70 valence electrons. The molecule has 1 atom stereocenters. The summed E-state index contributed by atoms with van der Waals surface area (Å²) in [5.74, 6) is 2.71. The van der Waals surface area contributed by atoms with E-state index in [-0.39, 0.29) is 0 Å². The molecule has 1 unspecified atom stereocenters. The molecular weight excluding hydrogens is 186 g/mol. The molecule has 2 rings (SSSR count). The van der Waals surface area contributed by atoms with Gasteiger partial charge >= 0.3 is 0 Å². The minimum Gasteiger partial charge on any atom is -0.303 e. The maximum absolute atomic E-state index is 3.71. The van der Waals surface area contributed by atoms with Crippen LogP contribution in [0, 0.1) is 0 Å². The van der Waals surface area contributed by atoms with Crippen molar-refractivity contribution in [2.45, 2.75) is 36.3 Å². The van der Waals surface area contributed by atoms with Gasteiger partial charge in [-0.3, -0.25) is 0 Å². The van der Waals surface area contributed by atoms with Gasteiger partial charge in [0, 0.05) is 5.25 Å². The van der Waals surface area contributed by atoms with Gasteiger partial charge in [0.2, 0.25) is 0 Å². The molecule has 0 aromatic carbocycles. The Morgan fingerprint density at radius 1 is 1.33 bits per heavy atom. The van der Waals surface area contributed by atoms with Gasteiger partial charge in [-0.15, -0.1) is 11.8 Å². The van der Waals surface area contributed by atoms with Crippen LogP contribution in [0.3, 0.4) is 0 Å². The van der Waals surface area contributed by atoms with Crippen LogP contribution in [0.25, 0.3) is 0 Å². The van der Waals surface area contributed by atoms with Crippen molar-refractivity contribution in [2.24, 2.45) is 0 Å². The van der Waals surface area contributed by atoms with Crippen molar-refractivity contribution in [3.63, 3.8) is 0 Å². The van der Waals surface area contributed by atoms with Crippen LogP contribution in [-0.4, -0.2) is 28.2 Å². The number of thioether (sulfide) groups is 2. The monoisotopic (exact) mass is 203 g/mol. The van der Waals surface area contributed by atoms with Crippen molar-refractivity contribution < 1.29 is 0 Å². The Bertz CT molecular complexity index is 149. The van der Waals surface area contributed by atoms with Gasteiger partial charge in [-0.25, -0.2) is 0 Å². The third-order valence-electron chi connectivity index (χ3n) is 2.73. The van der Waals surface area contributed by atoms with Crippen LogP contribution >= 0.6 is 23.5 Å². The molecule has 1 N–H and O–H groups in total. The smallest absolute Gasteiger partial charge is 0.0663 e. The number of nitrogens with one attached hydrogen (secondary N) is 1. The zero-order valence-electron chi connectivity index (χ0n) is 7.64. The van der Waals surface area contributed by atoms with E-state index in [0.717, 1.165) is 5.25 Å². The van der Waals surface area contributed by atoms with Crippen molar-refractivity contribution in [3.05, 3.63) is 0 Å². The summed E-state index contributed by atoms with van der Waals surface area (Å²) in [6.45, 7) is 3.60. The fourth-order valence-electron chi connectivity index (χ4n) is 1.98. The summed E-state index contributed by atoms with van der Waals surface area (Å²) in [6, 6.07) is 0. The topological polar surface area (TPSA) is 12.0 Å². The van der Waals surface area contributed by atoms with E-state index >= 15 is 0 Å². The van der Waals surface area contributed by atoms with Crippen LogP contribution in [0.2, 0.25) is 0 Å². The standard InChI is InChI=1S/C9H17NS2/c1-8-2-5-10-9(12-8)3-6-11-7-4-9/h8,10H,2-7H2,1H3. The van der Waals surface area contributed by atoms with Gasteiger partial charge in [-0.2, -0.15) is 11.8 Å². The number of hydrogen-bond donors (Lipinski definition) is 1. The summed E-state index contributed by atoms with van der Waals surface area (Å²) in [5, 5.41) is 4.58. The van der Waals surface area contributed by atoms with Gasteiger partial charge in [0.05, 0.1) is 4.87 Å². The predicted molar refractivity (Wildman–Crippen MR) is 59.0 cm³/mol. The average molecular weight is 203 g/mol. The first-order chi connectivity index (χ1) is 5.81. The van der Waals surface area contributed by atoms with E-state index in [1.165, 1.54) is 37.3 Å². The van der Waals surface area contributed by atoms with Gasteiger partial charge < -0.3 is 5.32 Å². The lowest BCUT2D eigenvalue weighted by Crippen LogP contribution is -2.50. The van der Waals surface area contributed by atoms with Gasteiger partial charge in [0.25, 0.3) is 0 Å². The van der Waals surface area contributed by atoms with E-state index in [1.807, 2.05) is 0 Å². The van der Waals surface area contributed by atoms with Gasteiger partial charge in [-0.1, -0.05) is 6.92 Å². The van der Waals surface area contributed by atoms with Gasteiger partial charge in [0.1, 0.15) is 0 Å². The van der Waals surface area contributed by atoms with Crippen LogP contribution < -0.4 is 5.32 Å². The van der Waals surface area contributed by atoms with Crippen molar-refractivity contribution in [2.75, 3.05) is 18.1 Å². The SMILES string of the molecule is CC1CCNC2(CCSCC2)S1. The maximum atomic E-state index is 3.71. The highest BCUT2D eigenvalue weighted by Gasteiger charge is 2.36. The number of rotatable bonds is 0. The van der Waals surface area contributed by atoms with Gasteiger partial charge in [0.15, 0.2) is 0 Å². The van der Waals surface area contributed by atoms with E-state index in [1.54, 1.807) is 0 Å². The van der Waals surface area contributed by atoms with Crippen molar-refractivity contribution in [1.82, 2.24) is 5.32 Å². The highest BCUT2D eigenvalue weighted by molar-refractivity contribution is 8.02. The molecule has 2 aliphatic heterocycles. The zero-order valence-corrected chi connectivity index (χ0v) is 9.27. The fraction of sp³-hybridized carbons (Fsp3) is 1.00. The Labute approximate surface area is 83.4 Å². The molecule has 1 nitrogen and oxygen atoms in total. The molecule has 1 spiro atoms. The summed E-state index contributed by atoms with van der Waals surface area (Å²) in [5.41, 5.74) is 0. The fourth-order valence-corrected chi connectivity index (χ4v) is 5.06. The molecule has 0 radical (unpaired) electrons. The first-order valence-electron chi connectivity index (χ1n) is 4.81. The van der Waals surface area contributed by atoms with E-state index in [2.05, 4.69) is 35.8 Å². The van der Waals surface area contributed by atoms with Crippen LogP contribution in [-0.2, 0) is 0 Å². The van der Waals surface area contributed by atoms with Crippen molar-refractivity contribution in [1.29, 1.82) is 0 Å². The maximum Gasteiger partial charge on any atom is 0.0663 e. The highest BCUT2D eigenvalue weighted by atomic mass is 32.2. The Kier molecular flexibility index (Phi) is 2.93. The Hall–Kier alpha value is 0.660. The molecule has 2 saturated heterocycles. The third kappa shape index (κ3) is 1.94. The molecular formula is C9H17NS2. The zero-order chi connectivity index (χ0) is 8.44. The normalized spacial score (nSPS) is 35.2. The molecule has 0 bridgehead atoms. The van der Waals surface area contributed by atoms with E-state index in [0.29, 0.717) is 4.87 Å². The van der Waals surface area contributed by atoms with Gasteiger partial charge in [-0.05, 0) is 37.3 Å². The lowest BCUT2D eigenvalue weighted by molar-refractivity contribution is 0.414. The summed E-state index contributed by atoms with van der Waals surface area (Å²) in [6.07, 6.45) is 4.08. The van der Waals surface area contributed by atoms with E-state index in [4.69, 9.17) is 0 Å². The molecule has 2 aliphatic rings. The minimum absolute atomic E-state index is 0.475. The second-order valence-electron chi connectivity index (χ2n) is 3.75. The molecule has 2 fully saturated rings. The van der Waals surface area contributed by atoms with E-state index in [9.17, 15) is 0 Å². The third-order valence-corrected chi connectivity index (χ3v) is 5.35. The highest BCUT2D eigenvalue weighted by Crippen LogP contribution is 2.41. The average Bonchev–Trinajstić information content (AvgIpc) is 2.05. The molecule has 0 saturated carbocycles. The van der Waals surface area contributed by atoms with Crippen molar-refractivity contribution >= 4 is 23.5 Å². The molecule has 0 aromatic heterocycles. The van der Waals surface area contributed by atoms with Crippen LogP contribution in [0.5, 0.6) is 0 Å². The van der Waals surface area contributed by atoms with Crippen LogP contribution in [0.4, 0.5) is 0 Å². The largest absolute Gasteiger partial charge is 0.303 e. The minimum atomic E-state index is 0.475. The quantitative estimate of drug-likeness (QED) is 0.649. The van der Waals surface area contributed by atoms with Crippen LogP contribution in [0.1, 0.15) is 26.2 Å². The summed E-state index contributed by atoms with van der Waals surface area (Å²) < 4.78 is 0. The predicted octanol–water partition coefficient (Wildman–Crippen LogP) is 2.32. The molecule has 12 heavy (non-hydrogen) atoms. The summed E-state index contributed by atoms with van der Waals surface area (Å²) in [7, 11) is 0. The first kappa shape index (κ1) is 9.22. The Morgan fingerprint density at radius 2 is 2.08 bits per heavy atom. The molecule has 0 aliphatic carbocycles. The lowest BCUT2D eigenvalue weighted by atomic mass is 10.1. The lowest BCUT2D eigenvalue weighted by Gasteiger charge is -2.43. The Morgan fingerprint density at radius 3 is 2.75 bits per heavy atom. The second-order valence-corrected chi connectivity index (χ2v) is 6.80. The molecule has 2 heterocycles. The van der Waals surface area contributed by atoms with Crippen LogP contribution in [0.15, 0.2) is 0 Å². The summed E-state index contributed by atoms with van der Waals surface area (Å²) >= 11 is 4.30. The van der Waals surface area contributed by atoms with E-state index < -0.39 is 0 Å². The van der Waals surface area contributed by atoms with Crippen molar-refractivity contribution in [3.8, 4) is 0 Å². The second kappa shape index (κ2) is 3.81.